The normalized spacial score (nSPS) is 14.8. The molecule has 0 unspecified atom stereocenters. The van der Waals surface area contributed by atoms with Crippen LogP contribution in [0.3, 0.4) is 0 Å². The third-order valence-electron chi connectivity index (χ3n) is 4.14. The van der Waals surface area contributed by atoms with Gasteiger partial charge >= 0.3 is 5.97 Å². The average Bonchev–Trinajstić information content (AvgIpc) is 3.41. The van der Waals surface area contributed by atoms with E-state index in [1.807, 2.05) is 50.2 Å². The van der Waals surface area contributed by atoms with Crippen molar-refractivity contribution in [3.63, 3.8) is 0 Å². The predicted octanol–water partition coefficient (Wildman–Crippen LogP) is 3.94. The van der Waals surface area contributed by atoms with Crippen LogP contribution < -0.4 is 5.32 Å². The highest BCUT2D eigenvalue weighted by Crippen LogP contribution is 2.33. The first-order valence-corrected chi connectivity index (χ1v) is 8.18. The van der Waals surface area contributed by atoms with Gasteiger partial charge in [0, 0.05) is 11.3 Å². The lowest BCUT2D eigenvalue weighted by Crippen LogP contribution is -2.26. The number of hydrogen-bond donors (Lipinski definition) is 1. The molecule has 1 aliphatic carbocycles. The summed E-state index contributed by atoms with van der Waals surface area (Å²) in [5, 5.41) is 2.90. The first-order valence-electron chi connectivity index (χ1n) is 8.18. The standard InChI is InChI=1S/C20H21NO3/c1-13-8-9-14(2)17(12-13)21-19(22)18(15-6-4-3-5-7-15)24-20(23)16-10-11-16/h3-9,12,16,18H,10-11H2,1-2H3,(H,21,22)/t18-/m1/s1. The van der Waals surface area contributed by atoms with E-state index < -0.39 is 6.10 Å². The van der Waals surface area contributed by atoms with Crippen LogP contribution in [-0.4, -0.2) is 11.9 Å². The number of ether oxygens (including phenoxy) is 1. The van der Waals surface area contributed by atoms with Crippen LogP contribution in [0.5, 0.6) is 0 Å². The van der Waals surface area contributed by atoms with Gasteiger partial charge in [0.05, 0.1) is 5.92 Å². The van der Waals surface area contributed by atoms with Crippen molar-refractivity contribution in [3.8, 4) is 0 Å². The van der Waals surface area contributed by atoms with Crippen LogP contribution in [-0.2, 0) is 14.3 Å². The Labute approximate surface area is 141 Å². The SMILES string of the molecule is Cc1ccc(C)c(NC(=O)[C@H](OC(=O)C2CC2)c2ccccc2)c1. The highest BCUT2D eigenvalue weighted by molar-refractivity contribution is 5.96. The zero-order valence-corrected chi connectivity index (χ0v) is 13.9. The third kappa shape index (κ3) is 3.82. The van der Waals surface area contributed by atoms with Crippen LogP contribution in [0, 0.1) is 19.8 Å². The third-order valence-corrected chi connectivity index (χ3v) is 4.14. The second-order valence-corrected chi connectivity index (χ2v) is 6.31. The lowest BCUT2D eigenvalue weighted by Gasteiger charge is -2.19. The van der Waals surface area contributed by atoms with Crippen molar-refractivity contribution >= 4 is 17.6 Å². The molecule has 1 fully saturated rings. The van der Waals surface area contributed by atoms with Crippen molar-refractivity contribution in [2.75, 3.05) is 5.32 Å². The van der Waals surface area contributed by atoms with Crippen molar-refractivity contribution in [1.82, 2.24) is 0 Å². The van der Waals surface area contributed by atoms with E-state index in [1.165, 1.54) is 0 Å². The van der Waals surface area contributed by atoms with Crippen molar-refractivity contribution in [1.29, 1.82) is 0 Å². The molecule has 24 heavy (non-hydrogen) atoms. The summed E-state index contributed by atoms with van der Waals surface area (Å²) in [5.74, 6) is -0.673. The van der Waals surface area contributed by atoms with Gasteiger partial charge in [-0.05, 0) is 43.9 Å². The monoisotopic (exact) mass is 323 g/mol. The van der Waals surface area contributed by atoms with Crippen LogP contribution in [0.2, 0.25) is 0 Å². The Balaban J connectivity index is 1.82. The number of hydrogen-bond acceptors (Lipinski definition) is 3. The number of esters is 1. The molecular formula is C20H21NO3. The van der Waals surface area contributed by atoms with Gasteiger partial charge in [0.2, 0.25) is 6.10 Å². The number of anilines is 1. The molecule has 1 atom stereocenters. The molecule has 3 rings (SSSR count). The van der Waals surface area contributed by atoms with Gasteiger partial charge in [0.1, 0.15) is 0 Å². The van der Waals surface area contributed by atoms with Crippen LogP contribution in [0.25, 0.3) is 0 Å². The number of aryl methyl sites for hydroxylation is 2. The van der Waals surface area contributed by atoms with Crippen molar-refractivity contribution in [2.45, 2.75) is 32.8 Å². The minimum Gasteiger partial charge on any atom is -0.447 e. The van der Waals surface area contributed by atoms with Gasteiger partial charge in [-0.25, -0.2) is 0 Å². The molecule has 1 saturated carbocycles. The van der Waals surface area contributed by atoms with Gasteiger partial charge in [-0.3, -0.25) is 9.59 Å². The Hall–Kier alpha value is -2.62. The molecule has 1 amide bonds. The number of nitrogens with one attached hydrogen (secondary N) is 1. The summed E-state index contributed by atoms with van der Waals surface area (Å²) in [4.78, 5) is 24.8. The second-order valence-electron chi connectivity index (χ2n) is 6.31. The highest BCUT2D eigenvalue weighted by atomic mass is 16.5. The van der Waals surface area contributed by atoms with Gasteiger partial charge in [0.25, 0.3) is 5.91 Å². The number of benzene rings is 2. The molecule has 0 aliphatic heterocycles. The van der Waals surface area contributed by atoms with Crippen molar-refractivity contribution in [2.24, 2.45) is 5.92 Å². The summed E-state index contributed by atoms with van der Waals surface area (Å²) in [6, 6.07) is 15.0. The van der Waals surface area contributed by atoms with Gasteiger partial charge in [0.15, 0.2) is 0 Å². The van der Waals surface area contributed by atoms with Crippen LogP contribution in [0.15, 0.2) is 48.5 Å². The Morgan fingerprint density at radius 3 is 2.46 bits per heavy atom. The minimum absolute atomic E-state index is 0.0512. The van der Waals surface area contributed by atoms with E-state index in [2.05, 4.69) is 5.32 Å². The van der Waals surface area contributed by atoms with E-state index in [4.69, 9.17) is 4.74 Å². The van der Waals surface area contributed by atoms with E-state index >= 15 is 0 Å². The first-order chi connectivity index (χ1) is 11.5. The van der Waals surface area contributed by atoms with Gasteiger partial charge in [-0.2, -0.15) is 0 Å². The lowest BCUT2D eigenvalue weighted by molar-refractivity contribution is -0.156. The fourth-order valence-corrected chi connectivity index (χ4v) is 2.50. The molecule has 1 aliphatic rings. The molecule has 0 heterocycles. The molecule has 0 bridgehead atoms. The molecule has 2 aromatic rings. The smallest absolute Gasteiger partial charge is 0.310 e. The van der Waals surface area contributed by atoms with Gasteiger partial charge in [-0.1, -0.05) is 42.5 Å². The van der Waals surface area contributed by atoms with Crippen LogP contribution in [0.4, 0.5) is 5.69 Å². The fraction of sp³-hybridized carbons (Fsp3) is 0.300. The van der Waals surface area contributed by atoms with Crippen LogP contribution in [0.1, 0.15) is 35.6 Å². The molecule has 0 spiro atoms. The number of carbonyl (C=O) groups is 2. The molecule has 0 radical (unpaired) electrons. The van der Waals surface area contributed by atoms with Crippen LogP contribution >= 0.6 is 0 Å². The Kier molecular flexibility index (Phi) is 4.65. The summed E-state index contributed by atoms with van der Waals surface area (Å²) >= 11 is 0. The maximum Gasteiger partial charge on any atom is 0.310 e. The molecule has 4 heteroatoms. The van der Waals surface area contributed by atoms with E-state index in [1.54, 1.807) is 12.1 Å². The molecular weight excluding hydrogens is 302 g/mol. The lowest BCUT2D eigenvalue weighted by atomic mass is 10.1. The summed E-state index contributed by atoms with van der Waals surface area (Å²) in [7, 11) is 0. The van der Waals surface area contributed by atoms with E-state index in [9.17, 15) is 9.59 Å². The van der Waals surface area contributed by atoms with Gasteiger partial charge in [-0.15, -0.1) is 0 Å². The largest absolute Gasteiger partial charge is 0.447 e. The van der Waals surface area contributed by atoms with E-state index in [0.717, 1.165) is 29.7 Å². The van der Waals surface area contributed by atoms with E-state index in [0.29, 0.717) is 5.56 Å². The second kappa shape index (κ2) is 6.87. The number of carbonyl (C=O) groups excluding carboxylic acids is 2. The highest BCUT2D eigenvalue weighted by Gasteiger charge is 2.35. The van der Waals surface area contributed by atoms with Crippen molar-refractivity contribution in [3.05, 3.63) is 65.2 Å². The molecule has 124 valence electrons. The molecule has 4 nitrogen and oxygen atoms in total. The van der Waals surface area contributed by atoms with Gasteiger partial charge < -0.3 is 10.1 Å². The molecule has 0 aromatic heterocycles. The summed E-state index contributed by atoms with van der Waals surface area (Å²) in [6.45, 7) is 3.90. The average molecular weight is 323 g/mol. The summed E-state index contributed by atoms with van der Waals surface area (Å²) < 4.78 is 5.51. The molecule has 2 aromatic carbocycles. The minimum atomic E-state index is -0.931. The zero-order valence-electron chi connectivity index (χ0n) is 13.9. The topological polar surface area (TPSA) is 55.4 Å². The van der Waals surface area contributed by atoms with E-state index in [-0.39, 0.29) is 17.8 Å². The predicted molar refractivity (Wildman–Crippen MR) is 92.5 cm³/mol. The fourth-order valence-electron chi connectivity index (χ4n) is 2.50. The maximum absolute atomic E-state index is 12.8. The maximum atomic E-state index is 12.8. The quantitative estimate of drug-likeness (QED) is 0.848. The first kappa shape index (κ1) is 16.2. The molecule has 0 saturated heterocycles. The molecule has 1 N–H and O–H groups in total. The number of amides is 1. The number of rotatable bonds is 5. The Bertz CT molecular complexity index is 751. The zero-order chi connectivity index (χ0) is 17.1. The summed E-state index contributed by atoms with van der Waals surface area (Å²) in [6.07, 6.45) is 0.761. The van der Waals surface area contributed by atoms with Crippen molar-refractivity contribution < 1.29 is 14.3 Å². The summed E-state index contributed by atoms with van der Waals surface area (Å²) in [5.41, 5.74) is 3.44. The Morgan fingerprint density at radius 1 is 1.08 bits per heavy atom. The Morgan fingerprint density at radius 2 is 1.79 bits per heavy atom.